The first-order valence-electron chi connectivity index (χ1n) is 6.41. The fourth-order valence-electron chi connectivity index (χ4n) is 2.12. The molecule has 19 heavy (non-hydrogen) atoms. The Morgan fingerprint density at radius 3 is 2.68 bits per heavy atom. The fourth-order valence-corrected chi connectivity index (χ4v) is 2.29. The molecule has 0 amide bonds. The molecule has 0 spiro atoms. The summed E-state index contributed by atoms with van der Waals surface area (Å²) in [6.45, 7) is 3.71. The lowest BCUT2D eigenvalue weighted by atomic mass is 9.97. The molecule has 2 heteroatoms. The van der Waals surface area contributed by atoms with Gasteiger partial charge < -0.3 is 4.79 Å². The molecule has 2 aromatic carbocycles. The zero-order chi connectivity index (χ0) is 13.8. The van der Waals surface area contributed by atoms with Crippen molar-refractivity contribution in [2.45, 2.75) is 26.7 Å². The van der Waals surface area contributed by atoms with E-state index in [0.717, 1.165) is 22.6 Å². The topological polar surface area (TPSA) is 17.1 Å². The molecule has 0 radical (unpaired) electrons. The van der Waals surface area contributed by atoms with Gasteiger partial charge in [-0.25, -0.2) is 0 Å². The molecule has 0 saturated heterocycles. The van der Waals surface area contributed by atoms with Gasteiger partial charge in [-0.2, -0.15) is 0 Å². The van der Waals surface area contributed by atoms with Crippen molar-refractivity contribution in [3.63, 3.8) is 0 Å². The van der Waals surface area contributed by atoms with E-state index in [2.05, 4.69) is 25.1 Å². The highest BCUT2D eigenvalue weighted by Crippen LogP contribution is 2.27. The molecule has 0 aliphatic heterocycles. The molecule has 98 valence electrons. The molecule has 0 aliphatic carbocycles. The predicted molar refractivity (Wildman–Crippen MR) is 80.6 cm³/mol. The van der Waals surface area contributed by atoms with Crippen LogP contribution in [0.4, 0.5) is 0 Å². The van der Waals surface area contributed by atoms with Crippen LogP contribution in [0.2, 0.25) is 5.02 Å². The molecule has 0 saturated carbocycles. The Morgan fingerprint density at radius 2 is 1.95 bits per heavy atom. The van der Waals surface area contributed by atoms with E-state index in [4.69, 9.17) is 11.6 Å². The summed E-state index contributed by atoms with van der Waals surface area (Å²) in [6.07, 6.45) is 1.39. The Hall–Kier alpha value is -1.60. The van der Waals surface area contributed by atoms with Gasteiger partial charge in [-0.05, 0) is 54.7 Å². The zero-order valence-corrected chi connectivity index (χ0v) is 12.0. The van der Waals surface area contributed by atoms with Crippen molar-refractivity contribution in [3.8, 4) is 11.1 Å². The van der Waals surface area contributed by atoms with Gasteiger partial charge in [0.25, 0.3) is 0 Å². The summed E-state index contributed by atoms with van der Waals surface area (Å²) < 4.78 is 0. The maximum Gasteiger partial charge on any atom is 0.130 e. The number of rotatable bonds is 4. The largest absolute Gasteiger partial charge is 0.300 e. The third-order valence-electron chi connectivity index (χ3n) is 3.20. The number of Topliss-reactive ketones (excluding diaryl/α,β-unsaturated/α-hetero) is 1. The minimum absolute atomic E-state index is 0.226. The van der Waals surface area contributed by atoms with Crippen LogP contribution in [0.15, 0.2) is 42.5 Å². The van der Waals surface area contributed by atoms with Crippen LogP contribution >= 0.6 is 11.6 Å². The van der Waals surface area contributed by atoms with E-state index < -0.39 is 0 Å². The first-order chi connectivity index (χ1) is 9.06. The summed E-state index contributed by atoms with van der Waals surface area (Å²) in [5, 5.41) is 0.745. The van der Waals surface area contributed by atoms with Crippen molar-refractivity contribution in [3.05, 3.63) is 58.6 Å². The third kappa shape index (κ3) is 3.68. The lowest BCUT2D eigenvalue weighted by molar-refractivity contribution is -0.116. The summed E-state index contributed by atoms with van der Waals surface area (Å²) in [7, 11) is 0. The van der Waals surface area contributed by atoms with Gasteiger partial charge in [0.1, 0.15) is 5.78 Å². The number of carbonyl (C=O) groups is 1. The fraction of sp³-hybridized carbons (Fsp3) is 0.235. The summed E-state index contributed by atoms with van der Waals surface area (Å²) in [6, 6.07) is 14.2. The van der Waals surface area contributed by atoms with Crippen molar-refractivity contribution in [1.29, 1.82) is 0 Å². The van der Waals surface area contributed by atoms with Crippen molar-refractivity contribution < 1.29 is 4.79 Å². The van der Waals surface area contributed by atoms with Crippen molar-refractivity contribution in [2.24, 2.45) is 0 Å². The average Bonchev–Trinajstić information content (AvgIpc) is 2.39. The maximum atomic E-state index is 11.1. The van der Waals surface area contributed by atoms with Gasteiger partial charge in [0, 0.05) is 11.4 Å². The smallest absolute Gasteiger partial charge is 0.130 e. The maximum absolute atomic E-state index is 11.1. The Balaban J connectivity index is 2.32. The van der Waals surface area contributed by atoms with Crippen LogP contribution < -0.4 is 0 Å². The predicted octanol–water partition coefficient (Wildman–Crippen LogP) is 4.84. The number of carbonyl (C=O) groups excluding carboxylic acids is 1. The van der Waals surface area contributed by atoms with Crippen LogP contribution in [0.25, 0.3) is 11.1 Å². The third-order valence-corrected chi connectivity index (χ3v) is 3.44. The minimum Gasteiger partial charge on any atom is -0.300 e. The average molecular weight is 273 g/mol. The lowest BCUT2D eigenvalue weighted by Crippen LogP contribution is -1.94. The zero-order valence-electron chi connectivity index (χ0n) is 11.2. The number of benzene rings is 2. The number of ketones is 1. The Labute approximate surface area is 119 Å². The molecule has 0 unspecified atom stereocenters. The van der Waals surface area contributed by atoms with E-state index >= 15 is 0 Å². The molecule has 2 aromatic rings. The Morgan fingerprint density at radius 1 is 1.16 bits per heavy atom. The number of hydrogen-bond donors (Lipinski definition) is 0. The number of hydrogen-bond acceptors (Lipinski definition) is 1. The summed E-state index contributed by atoms with van der Waals surface area (Å²) in [5.41, 5.74) is 4.69. The van der Waals surface area contributed by atoms with Crippen LogP contribution in [-0.4, -0.2) is 5.78 Å². The molecule has 0 fully saturated rings. The van der Waals surface area contributed by atoms with Gasteiger partial charge >= 0.3 is 0 Å². The van der Waals surface area contributed by atoms with E-state index in [1.807, 2.05) is 24.3 Å². The standard InChI is InChI=1S/C17H17ClO/c1-12-6-9-16(18)11-17(12)15-5-3-4-14(10-15)8-7-13(2)19/h3-6,9-11H,7-8H2,1-2H3. The Kier molecular flexibility index (Phi) is 4.39. The van der Waals surface area contributed by atoms with Crippen molar-refractivity contribution >= 4 is 17.4 Å². The van der Waals surface area contributed by atoms with Gasteiger partial charge in [0.15, 0.2) is 0 Å². The second-order valence-electron chi connectivity index (χ2n) is 4.86. The summed E-state index contributed by atoms with van der Waals surface area (Å²) >= 11 is 6.06. The monoisotopic (exact) mass is 272 g/mol. The van der Waals surface area contributed by atoms with Crippen LogP contribution in [-0.2, 0) is 11.2 Å². The van der Waals surface area contributed by atoms with Crippen LogP contribution in [0.1, 0.15) is 24.5 Å². The van der Waals surface area contributed by atoms with E-state index in [9.17, 15) is 4.79 Å². The van der Waals surface area contributed by atoms with Crippen molar-refractivity contribution in [1.82, 2.24) is 0 Å². The molecule has 0 aromatic heterocycles. The van der Waals surface area contributed by atoms with Crippen LogP contribution in [0.5, 0.6) is 0 Å². The molecule has 0 atom stereocenters. The molecular formula is C17H17ClO. The molecule has 0 heterocycles. The molecule has 0 aliphatic rings. The van der Waals surface area contributed by atoms with E-state index in [-0.39, 0.29) is 5.78 Å². The quantitative estimate of drug-likeness (QED) is 0.778. The molecule has 2 rings (SSSR count). The lowest BCUT2D eigenvalue weighted by Gasteiger charge is -2.08. The normalized spacial score (nSPS) is 10.5. The second-order valence-corrected chi connectivity index (χ2v) is 5.30. The molecule has 0 N–H and O–H groups in total. The first kappa shape index (κ1) is 13.8. The summed E-state index contributed by atoms with van der Waals surface area (Å²) in [4.78, 5) is 11.1. The minimum atomic E-state index is 0.226. The highest BCUT2D eigenvalue weighted by Gasteiger charge is 2.04. The van der Waals surface area contributed by atoms with Gasteiger partial charge in [0.2, 0.25) is 0 Å². The van der Waals surface area contributed by atoms with Gasteiger partial charge in [-0.1, -0.05) is 41.9 Å². The first-order valence-corrected chi connectivity index (χ1v) is 6.79. The van der Waals surface area contributed by atoms with E-state index in [1.54, 1.807) is 6.92 Å². The molecule has 1 nitrogen and oxygen atoms in total. The van der Waals surface area contributed by atoms with Crippen LogP contribution in [0.3, 0.4) is 0 Å². The number of halogens is 1. The summed E-state index contributed by atoms with van der Waals surface area (Å²) in [5.74, 6) is 0.226. The van der Waals surface area contributed by atoms with Crippen LogP contribution in [0, 0.1) is 6.92 Å². The highest BCUT2D eigenvalue weighted by molar-refractivity contribution is 6.30. The number of aryl methyl sites for hydroxylation is 2. The molecular weight excluding hydrogens is 256 g/mol. The van der Waals surface area contributed by atoms with Gasteiger partial charge in [0.05, 0.1) is 0 Å². The Bertz CT molecular complexity index is 602. The highest BCUT2D eigenvalue weighted by atomic mass is 35.5. The SMILES string of the molecule is CC(=O)CCc1cccc(-c2cc(Cl)ccc2C)c1. The van der Waals surface area contributed by atoms with E-state index in [0.29, 0.717) is 6.42 Å². The van der Waals surface area contributed by atoms with E-state index in [1.165, 1.54) is 11.1 Å². The van der Waals surface area contributed by atoms with Gasteiger partial charge in [-0.3, -0.25) is 0 Å². The second kappa shape index (κ2) is 6.03. The molecule has 0 bridgehead atoms. The van der Waals surface area contributed by atoms with Crippen molar-refractivity contribution in [2.75, 3.05) is 0 Å². The van der Waals surface area contributed by atoms with Gasteiger partial charge in [-0.15, -0.1) is 0 Å².